The van der Waals surface area contributed by atoms with Gasteiger partial charge in [0.25, 0.3) is 0 Å². The maximum absolute atomic E-state index is 5.79. The van der Waals surface area contributed by atoms with Gasteiger partial charge in [-0.3, -0.25) is 0 Å². The highest BCUT2D eigenvalue weighted by Crippen LogP contribution is 2.25. The minimum absolute atomic E-state index is 0.563. The predicted molar refractivity (Wildman–Crippen MR) is 55.9 cm³/mol. The van der Waals surface area contributed by atoms with Crippen LogP contribution in [0.4, 0.5) is 0 Å². The summed E-state index contributed by atoms with van der Waals surface area (Å²) in [6, 6.07) is 0. The summed E-state index contributed by atoms with van der Waals surface area (Å²) in [4.78, 5) is 0. The SMILES string of the molecule is CNCCCOC1CCC(C)CC1. The Labute approximate surface area is 82.0 Å². The van der Waals surface area contributed by atoms with E-state index in [2.05, 4.69) is 12.2 Å². The topological polar surface area (TPSA) is 21.3 Å². The lowest BCUT2D eigenvalue weighted by Gasteiger charge is -2.26. The molecule has 1 aliphatic rings. The largest absolute Gasteiger partial charge is 0.378 e. The van der Waals surface area contributed by atoms with E-state index in [9.17, 15) is 0 Å². The van der Waals surface area contributed by atoms with Gasteiger partial charge >= 0.3 is 0 Å². The van der Waals surface area contributed by atoms with Gasteiger partial charge < -0.3 is 10.1 Å². The van der Waals surface area contributed by atoms with Crippen molar-refractivity contribution in [3.05, 3.63) is 0 Å². The van der Waals surface area contributed by atoms with Gasteiger partial charge in [0.05, 0.1) is 6.10 Å². The minimum Gasteiger partial charge on any atom is -0.378 e. The average molecular weight is 185 g/mol. The molecule has 1 saturated carbocycles. The van der Waals surface area contributed by atoms with Crippen LogP contribution in [0.15, 0.2) is 0 Å². The van der Waals surface area contributed by atoms with Crippen molar-refractivity contribution >= 4 is 0 Å². The average Bonchev–Trinajstić information content (AvgIpc) is 2.15. The molecule has 0 aromatic heterocycles. The molecular formula is C11H23NO. The van der Waals surface area contributed by atoms with Crippen molar-refractivity contribution in [2.24, 2.45) is 5.92 Å². The summed E-state index contributed by atoms with van der Waals surface area (Å²) in [5, 5.41) is 3.13. The first-order valence-corrected chi connectivity index (χ1v) is 5.59. The van der Waals surface area contributed by atoms with Gasteiger partial charge in [-0.25, -0.2) is 0 Å². The highest BCUT2D eigenvalue weighted by molar-refractivity contribution is 4.69. The van der Waals surface area contributed by atoms with Crippen molar-refractivity contribution in [2.45, 2.75) is 45.1 Å². The molecule has 0 bridgehead atoms. The monoisotopic (exact) mass is 185 g/mol. The van der Waals surface area contributed by atoms with Crippen molar-refractivity contribution in [3.63, 3.8) is 0 Å². The van der Waals surface area contributed by atoms with Crippen LogP contribution in [-0.2, 0) is 4.74 Å². The fourth-order valence-electron chi connectivity index (χ4n) is 1.90. The van der Waals surface area contributed by atoms with Crippen LogP contribution in [0.1, 0.15) is 39.0 Å². The Kier molecular flexibility index (Phi) is 5.40. The Bertz CT molecular complexity index is 119. The first-order valence-electron chi connectivity index (χ1n) is 5.59. The van der Waals surface area contributed by atoms with Gasteiger partial charge in [0.2, 0.25) is 0 Å². The van der Waals surface area contributed by atoms with Gasteiger partial charge in [-0.1, -0.05) is 6.92 Å². The number of rotatable bonds is 5. The zero-order valence-corrected chi connectivity index (χ0v) is 9.01. The molecule has 0 saturated heterocycles. The molecule has 0 radical (unpaired) electrons. The van der Waals surface area contributed by atoms with E-state index in [1.165, 1.54) is 25.7 Å². The normalized spacial score (nSPS) is 29.1. The quantitative estimate of drug-likeness (QED) is 0.663. The number of ether oxygens (including phenoxy) is 1. The van der Waals surface area contributed by atoms with Gasteiger partial charge in [-0.05, 0) is 51.6 Å². The molecule has 0 amide bonds. The molecule has 1 N–H and O–H groups in total. The zero-order valence-electron chi connectivity index (χ0n) is 9.01. The Morgan fingerprint density at radius 3 is 2.54 bits per heavy atom. The van der Waals surface area contributed by atoms with Crippen LogP contribution in [0.25, 0.3) is 0 Å². The highest BCUT2D eigenvalue weighted by Gasteiger charge is 2.17. The van der Waals surface area contributed by atoms with E-state index in [1.807, 2.05) is 7.05 Å². The predicted octanol–water partition coefficient (Wildman–Crippen LogP) is 2.19. The van der Waals surface area contributed by atoms with Crippen molar-refractivity contribution in [1.29, 1.82) is 0 Å². The lowest BCUT2D eigenvalue weighted by atomic mass is 9.89. The van der Waals surface area contributed by atoms with E-state index in [1.54, 1.807) is 0 Å². The molecule has 0 unspecified atom stereocenters. The van der Waals surface area contributed by atoms with Crippen molar-refractivity contribution < 1.29 is 4.74 Å². The van der Waals surface area contributed by atoms with Gasteiger partial charge in [-0.15, -0.1) is 0 Å². The Morgan fingerprint density at radius 2 is 1.92 bits per heavy atom. The van der Waals surface area contributed by atoms with Crippen LogP contribution in [-0.4, -0.2) is 26.3 Å². The van der Waals surface area contributed by atoms with E-state index < -0.39 is 0 Å². The first-order chi connectivity index (χ1) is 6.33. The number of hydrogen-bond acceptors (Lipinski definition) is 2. The summed E-state index contributed by atoms with van der Waals surface area (Å²) in [5.41, 5.74) is 0. The maximum atomic E-state index is 5.79. The van der Waals surface area contributed by atoms with Gasteiger partial charge in [0, 0.05) is 6.61 Å². The lowest BCUT2D eigenvalue weighted by Crippen LogP contribution is -2.22. The lowest BCUT2D eigenvalue weighted by molar-refractivity contribution is 0.0190. The van der Waals surface area contributed by atoms with E-state index in [0.717, 1.165) is 25.5 Å². The van der Waals surface area contributed by atoms with Crippen LogP contribution in [0.5, 0.6) is 0 Å². The van der Waals surface area contributed by atoms with Crippen LogP contribution in [0, 0.1) is 5.92 Å². The van der Waals surface area contributed by atoms with E-state index >= 15 is 0 Å². The van der Waals surface area contributed by atoms with Gasteiger partial charge in [0.15, 0.2) is 0 Å². The summed E-state index contributed by atoms with van der Waals surface area (Å²) in [5.74, 6) is 0.928. The molecule has 1 aliphatic carbocycles. The second-order valence-corrected chi connectivity index (χ2v) is 4.21. The molecule has 2 nitrogen and oxygen atoms in total. The standard InChI is InChI=1S/C11H23NO/c1-10-4-6-11(7-5-10)13-9-3-8-12-2/h10-12H,3-9H2,1-2H3. The van der Waals surface area contributed by atoms with Crippen molar-refractivity contribution in [3.8, 4) is 0 Å². The molecule has 78 valence electrons. The van der Waals surface area contributed by atoms with Gasteiger partial charge in [-0.2, -0.15) is 0 Å². The summed E-state index contributed by atoms with van der Waals surface area (Å²) in [6.07, 6.45) is 6.98. The molecule has 13 heavy (non-hydrogen) atoms. The Balaban J connectivity index is 1.96. The summed E-state index contributed by atoms with van der Waals surface area (Å²) in [6.45, 7) is 4.35. The van der Waals surface area contributed by atoms with Crippen LogP contribution < -0.4 is 5.32 Å². The molecular weight excluding hydrogens is 162 g/mol. The smallest absolute Gasteiger partial charge is 0.0575 e. The van der Waals surface area contributed by atoms with Crippen LogP contribution in [0.2, 0.25) is 0 Å². The number of hydrogen-bond donors (Lipinski definition) is 1. The fourth-order valence-corrected chi connectivity index (χ4v) is 1.90. The first kappa shape index (κ1) is 11.0. The van der Waals surface area contributed by atoms with Crippen molar-refractivity contribution in [2.75, 3.05) is 20.2 Å². The van der Waals surface area contributed by atoms with E-state index in [-0.39, 0.29) is 0 Å². The fraction of sp³-hybridized carbons (Fsp3) is 1.00. The second-order valence-electron chi connectivity index (χ2n) is 4.21. The minimum atomic E-state index is 0.563. The Hall–Kier alpha value is -0.0800. The summed E-state index contributed by atoms with van der Waals surface area (Å²) >= 11 is 0. The maximum Gasteiger partial charge on any atom is 0.0575 e. The molecule has 0 heterocycles. The Morgan fingerprint density at radius 1 is 1.23 bits per heavy atom. The molecule has 0 aliphatic heterocycles. The zero-order chi connectivity index (χ0) is 9.52. The number of nitrogens with one attached hydrogen (secondary N) is 1. The molecule has 0 aromatic carbocycles. The molecule has 1 fully saturated rings. The molecule has 0 atom stereocenters. The second kappa shape index (κ2) is 6.39. The highest BCUT2D eigenvalue weighted by atomic mass is 16.5. The van der Waals surface area contributed by atoms with Crippen molar-refractivity contribution in [1.82, 2.24) is 5.32 Å². The van der Waals surface area contributed by atoms with E-state index in [0.29, 0.717) is 6.10 Å². The molecule has 2 heteroatoms. The molecule has 0 aromatic rings. The third kappa shape index (κ3) is 4.63. The summed E-state index contributed by atoms with van der Waals surface area (Å²) < 4.78 is 5.79. The van der Waals surface area contributed by atoms with Gasteiger partial charge in [0.1, 0.15) is 0 Å². The summed E-state index contributed by atoms with van der Waals surface area (Å²) in [7, 11) is 1.99. The van der Waals surface area contributed by atoms with E-state index in [4.69, 9.17) is 4.74 Å². The third-order valence-corrected chi connectivity index (χ3v) is 2.89. The van der Waals surface area contributed by atoms with Crippen LogP contribution in [0.3, 0.4) is 0 Å². The molecule has 1 rings (SSSR count). The third-order valence-electron chi connectivity index (χ3n) is 2.89. The molecule has 0 spiro atoms. The van der Waals surface area contributed by atoms with Crippen LogP contribution >= 0.6 is 0 Å².